The first-order chi connectivity index (χ1) is 12.6. The van der Waals surface area contributed by atoms with Crippen molar-refractivity contribution in [2.24, 2.45) is 0 Å². The van der Waals surface area contributed by atoms with E-state index in [0.717, 1.165) is 22.0 Å². The molecule has 0 bridgehead atoms. The first-order valence-electron chi connectivity index (χ1n) is 8.57. The highest BCUT2D eigenvalue weighted by molar-refractivity contribution is 14.1. The summed E-state index contributed by atoms with van der Waals surface area (Å²) in [5.41, 5.74) is 2.12. The van der Waals surface area contributed by atoms with Gasteiger partial charge in [0.2, 0.25) is 5.91 Å². The zero-order valence-electron chi connectivity index (χ0n) is 14.9. The lowest BCUT2D eigenvalue weighted by atomic mass is 9.97. The quantitative estimate of drug-likeness (QED) is 0.603. The number of ether oxygens (including phenoxy) is 2. The van der Waals surface area contributed by atoms with Crippen molar-refractivity contribution in [2.45, 2.75) is 25.3 Å². The molecular weight excluding hydrogens is 441 g/mol. The summed E-state index contributed by atoms with van der Waals surface area (Å²) in [7, 11) is 3.22. The highest BCUT2D eigenvalue weighted by Gasteiger charge is 2.26. The molecule has 0 saturated carbocycles. The number of nitrogens with zero attached hydrogens (tertiary/aromatic N) is 1. The molecule has 4 nitrogen and oxygen atoms in total. The molecule has 1 heterocycles. The summed E-state index contributed by atoms with van der Waals surface area (Å²) in [6.07, 6.45) is 6.24. The Hall–Kier alpha value is -2.02. The SMILES string of the molecule is COc1cc(I)c(CC(=O)N2C=CCCC2c2ccccc2)cc1OC. The van der Waals surface area contributed by atoms with Crippen molar-refractivity contribution in [3.63, 3.8) is 0 Å². The topological polar surface area (TPSA) is 38.8 Å². The van der Waals surface area contributed by atoms with Crippen LogP contribution in [0.5, 0.6) is 11.5 Å². The van der Waals surface area contributed by atoms with Gasteiger partial charge < -0.3 is 14.4 Å². The van der Waals surface area contributed by atoms with Crippen molar-refractivity contribution in [1.29, 1.82) is 0 Å². The fourth-order valence-electron chi connectivity index (χ4n) is 3.23. The van der Waals surface area contributed by atoms with Gasteiger partial charge in [0.15, 0.2) is 11.5 Å². The average molecular weight is 463 g/mol. The molecule has 0 radical (unpaired) electrons. The predicted molar refractivity (Wildman–Crippen MR) is 110 cm³/mol. The van der Waals surface area contributed by atoms with Crippen LogP contribution in [0.1, 0.15) is 30.0 Å². The summed E-state index contributed by atoms with van der Waals surface area (Å²) in [4.78, 5) is 14.9. The van der Waals surface area contributed by atoms with Crippen LogP contribution < -0.4 is 9.47 Å². The summed E-state index contributed by atoms with van der Waals surface area (Å²) in [6.45, 7) is 0. The highest BCUT2D eigenvalue weighted by atomic mass is 127. The van der Waals surface area contributed by atoms with E-state index < -0.39 is 0 Å². The molecule has 1 unspecified atom stereocenters. The summed E-state index contributed by atoms with van der Waals surface area (Å²) < 4.78 is 11.7. The Morgan fingerprint density at radius 1 is 1.15 bits per heavy atom. The molecule has 2 aromatic rings. The fraction of sp³-hybridized carbons (Fsp3) is 0.286. The maximum Gasteiger partial charge on any atom is 0.231 e. The number of benzene rings is 2. The third kappa shape index (κ3) is 4.03. The van der Waals surface area contributed by atoms with Crippen molar-refractivity contribution in [1.82, 2.24) is 4.90 Å². The van der Waals surface area contributed by atoms with E-state index >= 15 is 0 Å². The van der Waals surface area contributed by atoms with Crippen molar-refractivity contribution >= 4 is 28.5 Å². The normalized spacial score (nSPS) is 16.4. The maximum atomic E-state index is 13.1. The fourth-order valence-corrected chi connectivity index (χ4v) is 3.86. The van der Waals surface area contributed by atoms with Gasteiger partial charge in [-0.2, -0.15) is 0 Å². The largest absolute Gasteiger partial charge is 0.493 e. The van der Waals surface area contributed by atoms with Gasteiger partial charge in [-0.15, -0.1) is 0 Å². The second-order valence-electron chi connectivity index (χ2n) is 6.16. The number of halogens is 1. The molecule has 2 aromatic carbocycles. The van der Waals surface area contributed by atoms with Crippen LogP contribution in [0.25, 0.3) is 0 Å². The Kier molecular flexibility index (Phi) is 6.19. The third-order valence-electron chi connectivity index (χ3n) is 4.58. The second kappa shape index (κ2) is 8.58. The number of methoxy groups -OCH3 is 2. The Balaban J connectivity index is 1.84. The average Bonchev–Trinajstić information content (AvgIpc) is 2.69. The summed E-state index contributed by atoms with van der Waals surface area (Å²) in [6, 6.07) is 14.1. The van der Waals surface area contributed by atoms with Crippen LogP contribution in [0.15, 0.2) is 54.7 Å². The van der Waals surface area contributed by atoms with E-state index in [-0.39, 0.29) is 11.9 Å². The summed E-state index contributed by atoms with van der Waals surface area (Å²) >= 11 is 2.24. The molecule has 0 fully saturated rings. The van der Waals surface area contributed by atoms with Crippen LogP contribution in [0, 0.1) is 3.57 Å². The lowest BCUT2D eigenvalue weighted by molar-refractivity contribution is -0.130. The summed E-state index contributed by atoms with van der Waals surface area (Å²) in [5, 5.41) is 0. The van der Waals surface area contributed by atoms with Gasteiger partial charge in [-0.1, -0.05) is 36.4 Å². The second-order valence-corrected chi connectivity index (χ2v) is 7.33. The smallest absolute Gasteiger partial charge is 0.231 e. The Labute approximate surface area is 167 Å². The number of allylic oxidation sites excluding steroid dienone is 1. The van der Waals surface area contributed by atoms with E-state index in [4.69, 9.17) is 9.47 Å². The predicted octanol–water partition coefficient (Wildman–Crippen LogP) is 4.73. The molecule has 1 aliphatic heterocycles. The molecular formula is C21H22INO3. The molecule has 136 valence electrons. The summed E-state index contributed by atoms with van der Waals surface area (Å²) in [5.74, 6) is 1.40. The molecule has 1 amide bonds. The molecule has 1 aliphatic rings. The molecule has 26 heavy (non-hydrogen) atoms. The van der Waals surface area contributed by atoms with Gasteiger partial charge >= 0.3 is 0 Å². The number of hydrogen-bond acceptors (Lipinski definition) is 3. The molecule has 0 saturated heterocycles. The Morgan fingerprint density at radius 2 is 1.85 bits per heavy atom. The van der Waals surface area contributed by atoms with Gasteiger partial charge in [0, 0.05) is 9.77 Å². The van der Waals surface area contributed by atoms with Gasteiger partial charge in [0.05, 0.1) is 26.7 Å². The third-order valence-corrected chi connectivity index (χ3v) is 5.58. The van der Waals surface area contributed by atoms with Crippen LogP contribution in [0.3, 0.4) is 0 Å². The zero-order valence-corrected chi connectivity index (χ0v) is 17.1. The minimum Gasteiger partial charge on any atom is -0.493 e. The van der Waals surface area contributed by atoms with Crippen molar-refractivity contribution in [3.05, 3.63) is 69.4 Å². The van der Waals surface area contributed by atoms with E-state index in [0.29, 0.717) is 17.9 Å². The lowest BCUT2D eigenvalue weighted by Crippen LogP contribution is -2.33. The van der Waals surface area contributed by atoms with E-state index in [1.54, 1.807) is 14.2 Å². The van der Waals surface area contributed by atoms with Gasteiger partial charge in [-0.25, -0.2) is 0 Å². The molecule has 5 heteroatoms. The van der Waals surface area contributed by atoms with Crippen LogP contribution in [-0.2, 0) is 11.2 Å². The van der Waals surface area contributed by atoms with Crippen molar-refractivity contribution in [2.75, 3.05) is 14.2 Å². The molecule has 1 atom stereocenters. The van der Waals surface area contributed by atoms with Gasteiger partial charge in [-0.05, 0) is 58.7 Å². The molecule has 0 aliphatic carbocycles. The van der Waals surface area contributed by atoms with E-state index in [2.05, 4.69) is 40.8 Å². The lowest BCUT2D eigenvalue weighted by Gasteiger charge is -2.32. The van der Waals surface area contributed by atoms with Gasteiger partial charge in [0.25, 0.3) is 0 Å². The first-order valence-corrected chi connectivity index (χ1v) is 9.65. The van der Waals surface area contributed by atoms with E-state index in [1.165, 1.54) is 5.56 Å². The monoisotopic (exact) mass is 463 g/mol. The number of rotatable bonds is 5. The Bertz CT molecular complexity index is 804. The molecule has 0 aromatic heterocycles. The number of carbonyl (C=O) groups is 1. The van der Waals surface area contributed by atoms with E-state index in [1.807, 2.05) is 41.4 Å². The number of carbonyl (C=O) groups excluding carboxylic acids is 1. The Morgan fingerprint density at radius 3 is 2.54 bits per heavy atom. The van der Waals surface area contributed by atoms with Gasteiger partial charge in [0.1, 0.15) is 0 Å². The zero-order chi connectivity index (χ0) is 18.5. The molecule has 0 N–H and O–H groups in total. The number of amides is 1. The van der Waals surface area contributed by atoms with Crippen LogP contribution in [0.2, 0.25) is 0 Å². The molecule has 0 spiro atoms. The minimum absolute atomic E-state index is 0.0833. The first kappa shape index (κ1) is 18.8. The van der Waals surface area contributed by atoms with Crippen LogP contribution in [0.4, 0.5) is 0 Å². The van der Waals surface area contributed by atoms with Crippen molar-refractivity contribution in [3.8, 4) is 11.5 Å². The van der Waals surface area contributed by atoms with Crippen LogP contribution >= 0.6 is 22.6 Å². The highest BCUT2D eigenvalue weighted by Crippen LogP contribution is 2.34. The van der Waals surface area contributed by atoms with Crippen molar-refractivity contribution < 1.29 is 14.3 Å². The van der Waals surface area contributed by atoms with E-state index in [9.17, 15) is 4.79 Å². The maximum absolute atomic E-state index is 13.1. The molecule has 3 rings (SSSR count). The number of hydrogen-bond donors (Lipinski definition) is 0. The van der Waals surface area contributed by atoms with Crippen LogP contribution in [-0.4, -0.2) is 25.0 Å². The van der Waals surface area contributed by atoms with Gasteiger partial charge in [-0.3, -0.25) is 4.79 Å². The minimum atomic E-state index is 0.0833. The standard InChI is InChI=1S/C21H22INO3/c1-25-19-12-16(17(22)14-20(19)26-2)13-21(24)23-11-7-6-10-18(23)15-8-4-3-5-9-15/h3-5,7-9,11-12,14,18H,6,10,13H2,1-2H3.